The highest BCUT2D eigenvalue weighted by Crippen LogP contribution is 2.46. The van der Waals surface area contributed by atoms with Crippen LogP contribution in [0, 0.1) is 5.92 Å². The van der Waals surface area contributed by atoms with Crippen LogP contribution in [0.3, 0.4) is 0 Å². The van der Waals surface area contributed by atoms with Gasteiger partial charge in [-0.2, -0.15) is 0 Å². The molecule has 1 saturated heterocycles. The molecule has 3 aromatic rings. The maximum atomic E-state index is 13.7. The summed E-state index contributed by atoms with van der Waals surface area (Å²) in [6, 6.07) is 7.02. The number of aromatic amines is 1. The first-order chi connectivity index (χ1) is 16.1. The van der Waals surface area contributed by atoms with Crippen molar-refractivity contribution in [3.05, 3.63) is 41.3 Å². The summed E-state index contributed by atoms with van der Waals surface area (Å²) in [6.07, 6.45) is 11.0. The Labute approximate surface area is 194 Å². The van der Waals surface area contributed by atoms with Crippen molar-refractivity contribution in [2.24, 2.45) is 13.0 Å². The first-order valence-electron chi connectivity index (χ1n) is 12.7. The van der Waals surface area contributed by atoms with Crippen LogP contribution in [0.2, 0.25) is 0 Å². The molecule has 3 fully saturated rings. The van der Waals surface area contributed by atoms with E-state index in [0.717, 1.165) is 44.5 Å². The summed E-state index contributed by atoms with van der Waals surface area (Å²) < 4.78 is 2.24. The summed E-state index contributed by atoms with van der Waals surface area (Å²) >= 11 is 0. The molecule has 1 N–H and O–H groups in total. The van der Waals surface area contributed by atoms with Crippen LogP contribution in [0.4, 0.5) is 0 Å². The molecule has 174 valence electrons. The Morgan fingerprint density at radius 1 is 1.18 bits per heavy atom. The third kappa shape index (κ3) is 3.65. The number of amides is 1. The smallest absolute Gasteiger partial charge is 0.223 e. The van der Waals surface area contributed by atoms with Gasteiger partial charge in [-0.25, -0.2) is 5.10 Å². The zero-order valence-corrected chi connectivity index (χ0v) is 19.7. The molecule has 0 bridgehead atoms. The monoisotopic (exact) mass is 446 g/mol. The predicted molar refractivity (Wildman–Crippen MR) is 127 cm³/mol. The molecule has 1 aliphatic heterocycles. The normalized spacial score (nSPS) is 26.4. The van der Waals surface area contributed by atoms with Crippen molar-refractivity contribution in [1.29, 1.82) is 0 Å². The molecule has 3 aliphatic rings. The van der Waals surface area contributed by atoms with Crippen molar-refractivity contribution in [3.8, 4) is 0 Å². The average molecular weight is 447 g/mol. The Bertz CT molecular complexity index is 1150. The van der Waals surface area contributed by atoms with E-state index in [1.807, 2.05) is 0 Å². The fourth-order valence-corrected chi connectivity index (χ4v) is 6.77. The SMILES string of the molecule is CC(CC(=O)N1CCCC2C(c3nnn[nH]3)CCCC21)c1cn(C)c2cccc(C3CC3)c12. The molecule has 4 atom stereocenters. The maximum Gasteiger partial charge on any atom is 0.223 e. The number of nitrogens with zero attached hydrogens (tertiary/aromatic N) is 5. The molecule has 1 aromatic carbocycles. The summed E-state index contributed by atoms with van der Waals surface area (Å²) in [4.78, 5) is 15.9. The number of fused-ring (bicyclic) bond motifs is 2. The average Bonchev–Trinajstić information content (AvgIpc) is 3.42. The number of H-pyrrole nitrogens is 1. The van der Waals surface area contributed by atoms with E-state index in [-0.39, 0.29) is 5.92 Å². The van der Waals surface area contributed by atoms with Crippen LogP contribution in [0.1, 0.15) is 93.0 Å². The topological polar surface area (TPSA) is 79.7 Å². The van der Waals surface area contributed by atoms with Crippen LogP contribution in [-0.4, -0.2) is 48.6 Å². The molecule has 0 spiro atoms. The van der Waals surface area contributed by atoms with E-state index in [4.69, 9.17) is 0 Å². The van der Waals surface area contributed by atoms with Gasteiger partial charge in [0.05, 0.1) is 0 Å². The highest BCUT2D eigenvalue weighted by molar-refractivity contribution is 5.89. The second-order valence-corrected chi connectivity index (χ2v) is 10.6. The van der Waals surface area contributed by atoms with Gasteiger partial charge in [0.2, 0.25) is 5.91 Å². The summed E-state index contributed by atoms with van der Waals surface area (Å²) in [5, 5.41) is 16.2. The molecule has 7 nitrogen and oxygen atoms in total. The fraction of sp³-hybridized carbons (Fsp3) is 0.615. The number of piperidine rings is 1. The predicted octanol–water partition coefficient (Wildman–Crippen LogP) is 4.64. The summed E-state index contributed by atoms with van der Waals surface area (Å²) in [6.45, 7) is 3.12. The Morgan fingerprint density at radius 3 is 2.85 bits per heavy atom. The number of rotatable bonds is 5. The van der Waals surface area contributed by atoms with Gasteiger partial charge in [-0.15, -0.1) is 5.10 Å². The number of tetrazole rings is 1. The molecular weight excluding hydrogens is 412 g/mol. The molecule has 2 aliphatic carbocycles. The Hall–Kier alpha value is -2.70. The number of aryl methyl sites for hydroxylation is 1. The van der Waals surface area contributed by atoms with E-state index >= 15 is 0 Å². The number of likely N-dealkylation sites (tertiary alicyclic amines) is 1. The van der Waals surface area contributed by atoms with Gasteiger partial charge in [0.15, 0.2) is 5.82 Å². The Kier molecular flexibility index (Phi) is 5.23. The molecule has 2 aromatic heterocycles. The molecule has 1 amide bonds. The lowest BCUT2D eigenvalue weighted by molar-refractivity contribution is -0.138. The highest BCUT2D eigenvalue weighted by atomic mass is 16.2. The molecule has 6 rings (SSSR count). The van der Waals surface area contributed by atoms with E-state index in [1.54, 1.807) is 0 Å². The van der Waals surface area contributed by atoms with Gasteiger partial charge < -0.3 is 9.47 Å². The van der Waals surface area contributed by atoms with Gasteiger partial charge >= 0.3 is 0 Å². The van der Waals surface area contributed by atoms with Crippen molar-refractivity contribution in [1.82, 2.24) is 30.1 Å². The van der Waals surface area contributed by atoms with Crippen LogP contribution < -0.4 is 0 Å². The van der Waals surface area contributed by atoms with Crippen LogP contribution in [0.25, 0.3) is 10.9 Å². The molecule has 4 unspecified atom stereocenters. The number of hydrogen-bond acceptors (Lipinski definition) is 4. The van der Waals surface area contributed by atoms with E-state index in [9.17, 15) is 4.79 Å². The van der Waals surface area contributed by atoms with E-state index in [0.29, 0.717) is 36.1 Å². The molecular formula is C26H34N6O. The van der Waals surface area contributed by atoms with Gasteiger partial charge in [0.25, 0.3) is 0 Å². The van der Waals surface area contributed by atoms with E-state index in [1.165, 1.54) is 34.9 Å². The number of nitrogens with one attached hydrogen (secondary N) is 1. The van der Waals surface area contributed by atoms with Crippen LogP contribution in [-0.2, 0) is 11.8 Å². The largest absolute Gasteiger partial charge is 0.350 e. The first-order valence-corrected chi connectivity index (χ1v) is 12.7. The number of benzene rings is 1. The highest BCUT2D eigenvalue weighted by Gasteiger charge is 2.42. The number of hydrogen-bond donors (Lipinski definition) is 1. The first kappa shape index (κ1) is 20.9. The Balaban J connectivity index is 1.24. The fourth-order valence-electron chi connectivity index (χ4n) is 6.77. The lowest BCUT2D eigenvalue weighted by atomic mass is 9.70. The van der Waals surface area contributed by atoms with Gasteiger partial charge in [-0.05, 0) is 83.9 Å². The molecule has 0 radical (unpaired) electrons. The zero-order valence-electron chi connectivity index (χ0n) is 19.7. The number of carbonyl (C=O) groups excluding carboxylic acids is 1. The van der Waals surface area contributed by atoms with Crippen molar-refractivity contribution in [3.63, 3.8) is 0 Å². The van der Waals surface area contributed by atoms with Crippen molar-refractivity contribution in [2.75, 3.05) is 6.54 Å². The third-order valence-electron chi connectivity index (χ3n) is 8.50. The van der Waals surface area contributed by atoms with E-state index < -0.39 is 0 Å². The van der Waals surface area contributed by atoms with Crippen molar-refractivity contribution in [2.45, 2.75) is 82.1 Å². The molecule has 2 saturated carbocycles. The lowest BCUT2D eigenvalue weighted by Gasteiger charge is -2.47. The number of aromatic nitrogens is 5. The van der Waals surface area contributed by atoms with Gasteiger partial charge in [-0.3, -0.25) is 4.79 Å². The van der Waals surface area contributed by atoms with Crippen LogP contribution in [0.5, 0.6) is 0 Å². The third-order valence-corrected chi connectivity index (χ3v) is 8.50. The maximum absolute atomic E-state index is 13.7. The molecule has 3 heterocycles. The lowest BCUT2D eigenvalue weighted by Crippen LogP contribution is -2.51. The Morgan fingerprint density at radius 2 is 2.06 bits per heavy atom. The minimum Gasteiger partial charge on any atom is -0.350 e. The molecule has 7 heteroatoms. The second-order valence-electron chi connectivity index (χ2n) is 10.6. The zero-order chi connectivity index (χ0) is 22.5. The quantitative estimate of drug-likeness (QED) is 0.619. The van der Waals surface area contributed by atoms with Gasteiger partial charge in [-0.1, -0.05) is 25.5 Å². The minimum atomic E-state index is 0.208. The standard InChI is InChI=1S/C26H34N6O/c1-16(21-15-31(2)23-10-3-6-18(25(21)23)17-11-12-17)14-24(33)32-13-5-8-19-20(7-4-9-22(19)32)26-27-29-30-28-26/h3,6,10,15-17,19-20,22H,4-5,7-9,11-14H2,1-2H3,(H,27,28,29,30). The second kappa shape index (κ2) is 8.26. The molecule has 33 heavy (non-hydrogen) atoms. The van der Waals surface area contributed by atoms with Crippen molar-refractivity contribution >= 4 is 16.8 Å². The van der Waals surface area contributed by atoms with Crippen LogP contribution >= 0.6 is 0 Å². The van der Waals surface area contributed by atoms with Gasteiger partial charge in [0.1, 0.15) is 0 Å². The number of carbonyl (C=O) groups is 1. The summed E-state index contributed by atoms with van der Waals surface area (Å²) in [5.74, 6) is 2.92. The summed E-state index contributed by atoms with van der Waals surface area (Å²) in [5.41, 5.74) is 4.12. The van der Waals surface area contributed by atoms with E-state index in [2.05, 4.69) is 68.5 Å². The minimum absolute atomic E-state index is 0.208. The van der Waals surface area contributed by atoms with Crippen LogP contribution in [0.15, 0.2) is 24.4 Å². The van der Waals surface area contributed by atoms with Crippen molar-refractivity contribution < 1.29 is 4.79 Å². The summed E-state index contributed by atoms with van der Waals surface area (Å²) in [7, 11) is 2.13. The van der Waals surface area contributed by atoms with Gasteiger partial charge in [0, 0.05) is 49.1 Å².